The van der Waals surface area contributed by atoms with Crippen LogP contribution in [0.3, 0.4) is 0 Å². The molecule has 0 aromatic carbocycles. The average molecular weight is 360 g/mol. The lowest BCUT2D eigenvalue weighted by Gasteiger charge is -2.36. The van der Waals surface area contributed by atoms with Gasteiger partial charge in [0.05, 0.1) is 11.7 Å². The van der Waals surface area contributed by atoms with Crippen LogP contribution in [0.1, 0.15) is 49.1 Å². The molecule has 7 heteroatoms. The summed E-state index contributed by atoms with van der Waals surface area (Å²) in [7, 11) is 0. The number of hydrogen-bond acceptors (Lipinski definition) is 4. The third-order valence-corrected chi connectivity index (χ3v) is 6.39. The number of carbonyl (C=O) groups excluding carboxylic acids is 2. The van der Waals surface area contributed by atoms with Gasteiger partial charge in [-0.2, -0.15) is 0 Å². The highest BCUT2D eigenvalue weighted by Gasteiger charge is 2.56. The Labute approximate surface area is 151 Å². The van der Waals surface area contributed by atoms with Gasteiger partial charge in [0, 0.05) is 19.6 Å². The molecule has 2 amide bonds. The van der Waals surface area contributed by atoms with E-state index in [-0.39, 0.29) is 30.0 Å². The van der Waals surface area contributed by atoms with Gasteiger partial charge in [0.25, 0.3) is 5.91 Å². The van der Waals surface area contributed by atoms with E-state index in [2.05, 4.69) is 0 Å². The summed E-state index contributed by atoms with van der Waals surface area (Å²) in [6.07, 6.45) is 6.22. The predicted octanol–water partition coefficient (Wildman–Crippen LogP) is 1.99. The molecule has 4 rings (SSSR count). The van der Waals surface area contributed by atoms with Gasteiger partial charge in [-0.3, -0.25) is 14.4 Å². The molecule has 3 atom stereocenters. The van der Waals surface area contributed by atoms with Crippen LogP contribution < -0.4 is 0 Å². The van der Waals surface area contributed by atoms with Crippen LogP contribution in [-0.4, -0.2) is 58.4 Å². The van der Waals surface area contributed by atoms with E-state index in [1.807, 2.05) is 0 Å². The molecule has 0 bridgehead atoms. The molecule has 1 aliphatic carbocycles. The smallest absolute Gasteiger partial charge is 0.311 e. The molecule has 7 nitrogen and oxygen atoms in total. The van der Waals surface area contributed by atoms with Crippen LogP contribution in [0.25, 0.3) is 0 Å². The molecule has 1 unspecified atom stereocenters. The lowest BCUT2D eigenvalue weighted by molar-refractivity contribution is -0.150. The summed E-state index contributed by atoms with van der Waals surface area (Å²) >= 11 is 0. The van der Waals surface area contributed by atoms with Gasteiger partial charge in [-0.15, -0.1) is 0 Å². The Hall–Kier alpha value is -2.31. The van der Waals surface area contributed by atoms with Crippen molar-refractivity contribution in [3.05, 3.63) is 24.2 Å². The van der Waals surface area contributed by atoms with Crippen molar-refractivity contribution in [2.75, 3.05) is 19.6 Å². The SMILES string of the molecule is O=C(C1CCCCN1C(=O)c1ccco1)N1C[C@@H]2CCC[C@@]2(C(=O)O)C1. The minimum Gasteiger partial charge on any atom is -0.481 e. The standard InChI is InChI=1S/C19H24N2O5/c22-16(20-11-13-5-3-8-19(13,12-20)18(24)25)14-6-1-2-9-21(14)17(23)15-7-4-10-26-15/h4,7,10,13-14H,1-3,5-6,8-9,11-12H2,(H,24,25)/t13-,14?,19+/m0/s1. The maximum atomic E-state index is 13.2. The highest BCUT2D eigenvalue weighted by Crippen LogP contribution is 2.49. The fraction of sp³-hybridized carbons (Fsp3) is 0.632. The van der Waals surface area contributed by atoms with Gasteiger partial charge in [0.2, 0.25) is 5.91 Å². The van der Waals surface area contributed by atoms with Crippen molar-refractivity contribution >= 4 is 17.8 Å². The quantitative estimate of drug-likeness (QED) is 0.890. The Balaban J connectivity index is 1.53. The molecule has 26 heavy (non-hydrogen) atoms. The van der Waals surface area contributed by atoms with Gasteiger partial charge >= 0.3 is 5.97 Å². The number of piperidine rings is 1. The monoisotopic (exact) mass is 360 g/mol. The zero-order chi connectivity index (χ0) is 18.3. The molecule has 1 N–H and O–H groups in total. The number of carbonyl (C=O) groups is 3. The number of fused-ring (bicyclic) bond motifs is 1. The number of carboxylic acids is 1. The summed E-state index contributed by atoms with van der Waals surface area (Å²) < 4.78 is 5.22. The lowest BCUT2D eigenvalue weighted by atomic mass is 9.81. The topological polar surface area (TPSA) is 91.1 Å². The largest absolute Gasteiger partial charge is 0.481 e. The minimum atomic E-state index is -0.791. The molecule has 1 saturated carbocycles. The molecule has 3 heterocycles. The van der Waals surface area contributed by atoms with E-state index in [1.54, 1.807) is 21.9 Å². The number of nitrogens with zero attached hydrogens (tertiary/aromatic N) is 2. The fourth-order valence-corrected chi connectivity index (χ4v) is 4.99. The first-order valence-corrected chi connectivity index (χ1v) is 9.39. The van der Waals surface area contributed by atoms with Gasteiger partial charge in [0.1, 0.15) is 6.04 Å². The summed E-state index contributed by atoms with van der Waals surface area (Å²) in [6, 6.07) is 2.75. The van der Waals surface area contributed by atoms with Gasteiger partial charge in [-0.25, -0.2) is 0 Å². The molecule has 0 spiro atoms. The van der Waals surface area contributed by atoms with Crippen LogP contribution in [0.15, 0.2) is 22.8 Å². The molecule has 3 fully saturated rings. The molecule has 1 aromatic rings. The van der Waals surface area contributed by atoms with Crippen molar-refractivity contribution < 1.29 is 23.9 Å². The van der Waals surface area contributed by atoms with E-state index in [4.69, 9.17) is 4.42 Å². The second-order valence-corrected chi connectivity index (χ2v) is 7.76. The van der Waals surface area contributed by atoms with E-state index in [1.165, 1.54) is 6.26 Å². The van der Waals surface area contributed by atoms with Crippen LogP contribution in [0, 0.1) is 11.3 Å². The van der Waals surface area contributed by atoms with Gasteiger partial charge < -0.3 is 19.3 Å². The first kappa shape index (κ1) is 17.1. The van der Waals surface area contributed by atoms with E-state index >= 15 is 0 Å². The van der Waals surface area contributed by atoms with Crippen molar-refractivity contribution in [2.45, 2.75) is 44.6 Å². The summed E-state index contributed by atoms with van der Waals surface area (Å²) in [6.45, 7) is 1.28. The van der Waals surface area contributed by atoms with Crippen LogP contribution in [-0.2, 0) is 9.59 Å². The Morgan fingerprint density at radius 3 is 2.73 bits per heavy atom. The van der Waals surface area contributed by atoms with Gasteiger partial charge in [-0.1, -0.05) is 6.42 Å². The average Bonchev–Trinajstić information content (AvgIpc) is 3.35. The first-order valence-electron chi connectivity index (χ1n) is 9.39. The Kier molecular flexibility index (Phi) is 4.25. The summed E-state index contributed by atoms with van der Waals surface area (Å²) in [5.41, 5.74) is -0.791. The normalized spacial score (nSPS) is 31.1. The predicted molar refractivity (Wildman–Crippen MR) is 91.4 cm³/mol. The van der Waals surface area contributed by atoms with E-state index < -0.39 is 17.4 Å². The summed E-state index contributed by atoms with van der Waals surface area (Å²) in [5.74, 6) is -0.894. The van der Waals surface area contributed by atoms with Crippen molar-refractivity contribution in [1.29, 1.82) is 0 Å². The van der Waals surface area contributed by atoms with Gasteiger partial charge in [-0.05, 0) is 50.2 Å². The maximum Gasteiger partial charge on any atom is 0.311 e. The molecular weight excluding hydrogens is 336 g/mol. The number of amides is 2. The Bertz CT molecular complexity index is 716. The molecule has 1 aromatic heterocycles. The molecular formula is C19H24N2O5. The lowest BCUT2D eigenvalue weighted by Crippen LogP contribution is -2.53. The Morgan fingerprint density at radius 1 is 1.19 bits per heavy atom. The summed E-state index contributed by atoms with van der Waals surface area (Å²) in [4.78, 5) is 41.1. The highest BCUT2D eigenvalue weighted by molar-refractivity contribution is 5.96. The fourth-order valence-electron chi connectivity index (χ4n) is 4.99. The zero-order valence-corrected chi connectivity index (χ0v) is 14.7. The third-order valence-electron chi connectivity index (χ3n) is 6.39. The number of hydrogen-bond donors (Lipinski definition) is 1. The maximum absolute atomic E-state index is 13.2. The molecule has 0 radical (unpaired) electrons. The number of likely N-dealkylation sites (tertiary alicyclic amines) is 2. The van der Waals surface area contributed by atoms with Crippen LogP contribution >= 0.6 is 0 Å². The second-order valence-electron chi connectivity index (χ2n) is 7.76. The number of rotatable bonds is 3. The zero-order valence-electron chi connectivity index (χ0n) is 14.7. The van der Waals surface area contributed by atoms with Crippen molar-refractivity contribution in [2.24, 2.45) is 11.3 Å². The van der Waals surface area contributed by atoms with Crippen LogP contribution in [0.4, 0.5) is 0 Å². The van der Waals surface area contributed by atoms with Crippen molar-refractivity contribution in [1.82, 2.24) is 9.80 Å². The van der Waals surface area contributed by atoms with E-state index in [0.29, 0.717) is 25.9 Å². The number of furan rings is 1. The summed E-state index contributed by atoms with van der Waals surface area (Å²) in [5, 5.41) is 9.73. The van der Waals surface area contributed by atoms with Crippen molar-refractivity contribution in [3.63, 3.8) is 0 Å². The van der Waals surface area contributed by atoms with Crippen molar-refractivity contribution in [3.8, 4) is 0 Å². The van der Waals surface area contributed by atoms with Crippen LogP contribution in [0.2, 0.25) is 0 Å². The second kappa shape index (κ2) is 6.45. The Morgan fingerprint density at radius 2 is 2.04 bits per heavy atom. The minimum absolute atomic E-state index is 0.0294. The molecule has 140 valence electrons. The highest BCUT2D eigenvalue weighted by atomic mass is 16.4. The molecule has 2 saturated heterocycles. The molecule has 2 aliphatic heterocycles. The molecule has 3 aliphatic rings. The van der Waals surface area contributed by atoms with E-state index in [0.717, 1.165) is 25.7 Å². The first-order chi connectivity index (χ1) is 12.5. The van der Waals surface area contributed by atoms with Crippen LogP contribution in [0.5, 0.6) is 0 Å². The van der Waals surface area contributed by atoms with Gasteiger partial charge in [0.15, 0.2) is 5.76 Å². The van der Waals surface area contributed by atoms with E-state index in [9.17, 15) is 19.5 Å². The third kappa shape index (κ3) is 2.61. The number of aliphatic carboxylic acids is 1. The number of carboxylic acid groups (broad SMARTS) is 1.